The van der Waals surface area contributed by atoms with Crippen molar-refractivity contribution in [3.63, 3.8) is 0 Å². The van der Waals surface area contributed by atoms with Gasteiger partial charge in [0.2, 0.25) is 0 Å². The third kappa shape index (κ3) is 13.3. The SMILES string of the molecule is O=C(CCCCCc1cccc(Oc2ccccc2)c1)CP(=O)([O-])[O-].[K+].[K+]. The van der Waals surface area contributed by atoms with E-state index >= 15 is 0 Å². The van der Waals surface area contributed by atoms with Gasteiger partial charge in [0, 0.05) is 12.6 Å². The molecule has 0 spiro atoms. The second kappa shape index (κ2) is 15.2. The van der Waals surface area contributed by atoms with Crippen LogP contribution in [0, 0.1) is 0 Å². The van der Waals surface area contributed by atoms with Crippen LogP contribution in [0.5, 0.6) is 11.5 Å². The van der Waals surface area contributed by atoms with Crippen molar-refractivity contribution < 1.29 is 127 Å². The largest absolute Gasteiger partial charge is 1.00 e. The molecule has 27 heavy (non-hydrogen) atoms. The van der Waals surface area contributed by atoms with Crippen LogP contribution < -0.4 is 117 Å². The van der Waals surface area contributed by atoms with E-state index in [-0.39, 0.29) is 109 Å². The molecule has 2 rings (SSSR count). The minimum absolute atomic E-state index is 0. The average molecular weight is 439 g/mol. The summed E-state index contributed by atoms with van der Waals surface area (Å²) in [5.41, 5.74) is 1.14. The first-order valence-corrected chi connectivity index (χ1v) is 10.00. The van der Waals surface area contributed by atoms with Crippen molar-refractivity contribution in [1.29, 1.82) is 0 Å². The molecule has 0 aromatic heterocycles. The van der Waals surface area contributed by atoms with Gasteiger partial charge >= 0.3 is 103 Å². The number of aryl methyl sites for hydroxylation is 1. The van der Waals surface area contributed by atoms with Crippen molar-refractivity contribution in [2.75, 3.05) is 6.16 Å². The molecule has 0 N–H and O–H groups in total. The van der Waals surface area contributed by atoms with Gasteiger partial charge in [-0.05, 0) is 49.1 Å². The van der Waals surface area contributed by atoms with Crippen molar-refractivity contribution in [2.24, 2.45) is 0 Å². The Bertz CT molecular complexity index is 734. The predicted molar refractivity (Wildman–Crippen MR) is 92.6 cm³/mol. The third-order valence-electron chi connectivity index (χ3n) is 3.67. The first kappa shape index (κ1) is 28.3. The fraction of sp³-hybridized carbons (Fsp3) is 0.316. The molecule has 0 unspecified atom stereocenters. The number of benzene rings is 2. The number of hydrogen-bond acceptors (Lipinski definition) is 5. The molecule has 2 aromatic carbocycles. The molecule has 0 aliphatic heterocycles. The maximum absolute atomic E-state index is 11.3. The zero-order chi connectivity index (χ0) is 18.1. The molecule has 5 nitrogen and oxygen atoms in total. The van der Waals surface area contributed by atoms with E-state index in [0.717, 1.165) is 36.3 Å². The van der Waals surface area contributed by atoms with Crippen LogP contribution in [0.25, 0.3) is 0 Å². The van der Waals surface area contributed by atoms with Gasteiger partial charge in [-0.2, -0.15) is 0 Å². The summed E-state index contributed by atoms with van der Waals surface area (Å²) in [7, 11) is -4.72. The van der Waals surface area contributed by atoms with Crippen LogP contribution in [-0.4, -0.2) is 11.9 Å². The van der Waals surface area contributed by atoms with E-state index in [4.69, 9.17) is 4.74 Å². The summed E-state index contributed by atoms with van der Waals surface area (Å²) < 4.78 is 16.3. The Labute approximate surface area is 245 Å². The number of Topliss-reactive ketones (excluding diaryl/α,β-unsaturated/α-hetero) is 1. The van der Waals surface area contributed by atoms with Gasteiger partial charge in [-0.25, -0.2) is 0 Å². The van der Waals surface area contributed by atoms with Gasteiger partial charge in [-0.3, -0.25) is 4.79 Å². The molecule has 0 fully saturated rings. The zero-order valence-corrected chi connectivity index (χ0v) is 23.1. The normalized spacial score (nSPS) is 10.4. The Hall–Kier alpha value is 1.33. The van der Waals surface area contributed by atoms with E-state index in [1.54, 1.807) is 0 Å². The Morgan fingerprint density at radius 3 is 2.22 bits per heavy atom. The Morgan fingerprint density at radius 1 is 0.889 bits per heavy atom. The molecule has 0 amide bonds. The Balaban J connectivity index is 0.00000338. The van der Waals surface area contributed by atoms with Gasteiger partial charge in [0.15, 0.2) is 0 Å². The van der Waals surface area contributed by atoms with Gasteiger partial charge < -0.3 is 19.1 Å². The van der Waals surface area contributed by atoms with E-state index in [9.17, 15) is 19.1 Å². The Kier molecular flexibility index (Phi) is 15.9. The van der Waals surface area contributed by atoms with Gasteiger partial charge in [0.05, 0.1) is 0 Å². The fourth-order valence-electron chi connectivity index (χ4n) is 2.51. The minimum Gasteiger partial charge on any atom is -0.810 e. The number of carbonyl (C=O) groups is 1. The van der Waals surface area contributed by atoms with Crippen molar-refractivity contribution in [1.82, 2.24) is 0 Å². The fourth-order valence-corrected chi connectivity index (χ4v) is 3.10. The van der Waals surface area contributed by atoms with Crippen molar-refractivity contribution >= 4 is 13.4 Å². The number of unbranched alkanes of at least 4 members (excludes halogenated alkanes) is 2. The number of carbonyl (C=O) groups excluding carboxylic acids is 1. The topological polar surface area (TPSA) is 89.5 Å². The molecule has 0 atom stereocenters. The van der Waals surface area contributed by atoms with Crippen molar-refractivity contribution in [3.05, 3.63) is 60.2 Å². The minimum atomic E-state index is -4.72. The van der Waals surface area contributed by atoms with E-state index in [0.29, 0.717) is 6.42 Å². The summed E-state index contributed by atoms with van der Waals surface area (Å²) >= 11 is 0. The summed E-state index contributed by atoms with van der Waals surface area (Å²) in [6, 6.07) is 17.4. The molecule has 2 aromatic rings. The van der Waals surface area contributed by atoms with E-state index in [2.05, 4.69) is 0 Å². The molecular weight excluding hydrogens is 417 g/mol. The molecular formula is C19H21K2O5P. The maximum atomic E-state index is 11.3. The number of rotatable bonds is 10. The van der Waals surface area contributed by atoms with Gasteiger partial charge in [-0.15, -0.1) is 0 Å². The number of ether oxygens (including phenoxy) is 1. The van der Waals surface area contributed by atoms with Crippen LogP contribution >= 0.6 is 7.60 Å². The Morgan fingerprint density at radius 2 is 1.56 bits per heavy atom. The van der Waals surface area contributed by atoms with Gasteiger partial charge in [-0.1, -0.05) is 44.3 Å². The number of ketones is 1. The summed E-state index contributed by atoms with van der Waals surface area (Å²) in [4.78, 5) is 32.4. The second-order valence-corrected chi connectivity index (χ2v) is 7.47. The van der Waals surface area contributed by atoms with Crippen molar-refractivity contribution in [3.8, 4) is 11.5 Å². The molecule has 0 radical (unpaired) electrons. The smallest absolute Gasteiger partial charge is 0.810 e. The van der Waals surface area contributed by atoms with E-state index in [1.165, 1.54) is 0 Å². The molecule has 0 bridgehead atoms. The molecule has 0 saturated heterocycles. The van der Waals surface area contributed by atoms with Gasteiger partial charge in [0.25, 0.3) is 0 Å². The standard InChI is InChI=1S/C19H23O5P.2K/c20-17(15-25(21,22)23)10-4-1-3-8-16-9-7-13-19(14-16)24-18-11-5-2-6-12-18;;/h2,5-7,9,11-14H,1,3-4,8,10,15H2,(H2,21,22,23);;/q;2*+1/p-2. The molecule has 0 saturated carbocycles. The van der Waals surface area contributed by atoms with E-state index < -0.39 is 19.5 Å². The average Bonchev–Trinajstić information content (AvgIpc) is 2.54. The van der Waals surface area contributed by atoms with Crippen LogP contribution in [0.2, 0.25) is 0 Å². The molecule has 8 heteroatoms. The van der Waals surface area contributed by atoms with Crippen LogP contribution in [-0.2, 0) is 15.8 Å². The van der Waals surface area contributed by atoms with Crippen LogP contribution in [0.3, 0.4) is 0 Å². The van der Waals surface area contributed by atoms with Crippen LogP contribution in [0.4, 0.5) is 0 Å². The van der Waals surface area contributed by atoms with Crippen LogP contribution in [0.1, 0.15) is 31.2 Å². The van der Waals surface area contributed by atoms with Crippen molar-refractivity contribution in [2.45, 2.75) is 32.1 Å². The summed E-state index contributed by atoms with van der Waals surface area (Å²) in [5.74, 6) is 1.07. The first-order chi connectivity index (χ1) is 11.9. The maximum Gasteiger partial charge on any atom is 1.00 e. The summed E-state index contributed by atoms with van der Waals surface area (Å²) in [5, 5.41) is 0. The quantitative estimate of drug-likeness (QED) is 0.225. The monoisotopic (exact) mass is 438 g/mol. The third-order valence-corrected chi connectivity index (χ3v) is 4.41. The van der Waals surface area contributed by atoms with Crippen LogP contribution in [0.15, 0.2) is 54.6 Å². The summed E-state index contributed by atoms with van der Waals surface area (Å²) in [6.45, 7) is 0. The molecule has 0 aliphatic carbocycles. The second-order valence-electron chi connectivity index (χ2n) is 5.93. The molecule has 134 valence electrons. The zero-order valence-electron chi connectivity index (χ0n) is 15.9. The molecule has 0 heterocycles. The number of para-hydroxylation sites is 1. The summed E-state index contributed by atoms with van der Waals surface area (Å²) in [6.07, 6.45) is 2.41. The first-order valence-electron chi connectivity index (χ1n) is 8.27. The number of hydrogen-bond donors (Lipinski definition) is 0. The van der Waals surface area contributed by atoms with Gasteiger partial charge in [0.1, 0.15) is 17.3 Å². The molecule has 0 aliphatic rings. The van der Waals surface area contributed by atoms with E-state index in [1.807, 2.05) is 54.6 Å². The predicted octanol–water partition coefficient (Wildman–Crippen LogP) is -2.93.